The first-order chi connectivity index (χ1) is 11.8. The Bertz CT molecular complexity index is 851. The molecule has 0 saturated carbocycles. The van der Waals surface area contributed by atoms with Crippen molar-refractivity contribution in [3.63, 3.8) is 0 Å². The zero-order valence-electron chi connectivity index (χ0n) is 13.9. The summed E-state index contributed by atoms with van der Waals surface area (Å²) in [5.74, 6) is 0.0931. The lowest BCUT2D eigenvalue weighted by Gasteiger charge is -2.11. The number of amides is 1. The van der Waals surface area contributed by atoms with Gasteiger partial charge in [-0.25, -0.2) is 13.1 Å². The zero-order valence-corrected chi connectivity index (χ0v) is 15.4. The van der Waals surface area contributed by atoms with Crippen molar-refractivity contribution in [3.05, 3.63) is 53.1 Å². The summed E-state index contributed by atoms with van der Waals surface area (Å²) in [6, 6.07) is 11.1. The largest absolute Gasteiger partial charge is 0.494 e. The van der Waals surface area contributed by atoms with E-state index in [1.807, 2.05) is 6.92 Å². The van der Waals surface area contributed by atoms with Crippen LogP contribution in [0.4, 0.5) is 5.69 Å². The number of benzene rings is 2. The van der Waals surface area contributed by atoms with Crippen molar-refractivity contribution in [2.24, 2.45) is 0 Å². The number of anilines is 1. The second-order valence-electron chi connectivity index (χ2n) is 5.19. The van der Waals surface area contributed by atoms with E-state index in [4.69, 9.17) is 16.3 Å². The van der Waals surface area contributed by atoms with Crippen LogP contribution in [0.1, 0.15) is 12.5 Å². The normalized spacial score (nSPS) is 11.2. The topological polar surface area (TPSA) is 84.5 Å². The van der Waals surface area contributed by atoms with Crippen LogP contribution in [0.3, 0.4) is 0 Å². The maximum absolute atomic E-state index is 12.2. The lowest BCUT2D eigenvalue weighted by atomic mass is 10.2. The number of hydrogen-bond acceptors (Lipinski definition) is 4. The molecule has 8 heteroatoms. The van der Waals surface area contributed by atoms with Gasteiger partial charge in [-0.3, -0.25) is 4.79 Å². The molecule has 0 bridgehead atoms. The summed E-state index contributed by atoms with van der Waals surface area (Å²) in [6.07, 6.45) is 0. The van der Waals surface area contributed by atoms with Crippen LogP contribution in [-0.2, 0) is 14.8 Å². The van der Waals surface area contributed by atoms with Crippen molar-refractivity contribution in [1.82, 2.24) is 4.72 Å². The molecule has 2 aromatic carbocycles. The van der Waals surface area contributed by atoms with Crippen LogP contribution in [0, 0.1) is 6.92 Å². The third-order valence-corrected chi connectivity index (χ3v) is 5.24. The SMILES string of the molecule is CCOc1ccc(S(=O)(=O)NCC(=O)Nc2cccc(Cl)c2C)cc1. The van der Waals surface area contributed by atoms with Gasteiger partial charge in [0.15, 0.2) is 0 Å². The first-order valence-corrected chi connectivity index (χ1v) is 9.47. The van der Waals surface area contributed by atoms with Crippen molar-refractivity contribution < 1.29 is 17.9 Å². The number of nitrogens with one attached hydrogen (secondary N) is 2. The number of carbonyl (C=O) groups is 1. The second-order valence-corrected chi connectivity index (χ2v) is 7.36. The fraction of sp³-hybridized carbons (Fsp3) is 0.235. The molecule has 2 aromatic rings. The van der Waals surface area contributed by atoms with Gasteiger partial charge in [0.05, 0.1) is 18.0 Å². The molecule has 0 heterocycles. The highest BCUT2D eigenvalue weighted by molar-refractivity contribution is 7.89. The third kappa shape index (κ3) is 5.19. The lowest BCUT2D eigenvalue weighted by Crippen LogP contribution is -2.33. The van der Waals surface area contributed by atoms with Crippen LogP contribution >= 0.6 is 11.6 Å². The Balaban J connectivity index is 1.99. The molecule has 0 fully saturated rings. The summed E-state index contributed by atoms with van der Waals surface area (Å²) in [5.41, 5.74) is 1.25. The summed E-state index contributed by atoms with van der Waals surface area (Å²) in [5, 5.41) is 3.15. The van der Waals surface area contributed by atoms with E-state index in [2.05, 4.69) is 10.0 Å². The molecule has 1 amide bonds. The first-order valence-electron chi connectivity index (χ1n) is 7.61. The molecule has 0 atom stereocenters. The summed E-state index contributed by atoms with van der Waals surface area (Å²) >= 11 is 5.99. The Morgan fingerprint density at radius 3 is 2.48 bits per heavy atom. The minimum absolute atomic E-state index is 0.0580. The maximum Gasteiger partial charge on any atom is 0.241 e. The molecular formula is C17H19ClN2O4S. The quantitative estimate of drug-likeness (QED) is 0.771. The van der Waals surface area contributed by atoms with E-state index in [1.54, 1.807) is 37.3 Å². The summed E-state index contributed by atoms with van der Waals surface area (Å²) in [6.45, 7) is 3.71. The summed E-state index contributed by atoms with van der Waals surface area (Å²) in [7, 11) is -3.79. The van der Waals surface area contributed by atoms with E-state index in [0.29, 0.717) is 28.6 Å². The predicted octanol–water partition coefficient (Wildman–Crippen LogP) is 2.96. The van der Waals surface area contributed by atoms with E-state index in [0.717, 1.165) is 0 Å². The summed E-state index contributed by atoms with van der Waals surface area (Å²) < 4.78 is 32.0. The summed E-state index contributed by atoms with van der Waals surface area (Å²) in [4.78, 5) is 12.1. The van der Waals surface area contributed by atoms with Crippen molar-refractivity contribution in [1.29, 1.82) is 0 Å². The van der Waals surface area contributed by atoms with E-state index < -0.39 is 15.9 Å². The Morgan fingerprint density at radius 2 is 1.84 bits per heavy atom. The number of sulfonamides is 1. The highest BCUT2D eigenvalue weighted by Crippen LogP contribution is 2.22. The molecule has 0 spiro atoms. The minimum atomic E-state index is -3.79. The highest BCUT2D eigenvalue weighted by Gasteiger charge is 2.16. The van der Waals surface area contributed by atoms with Crippen LogP contribution in [0.15, 0.2) is 47.4 Å². The maximum atomic E-state index is 12.2. The molecule has 0 aliphatic heterocycles. The second kappa shape index (κ2) is 8.33. The molecule has 0 aromatic heterocycles. The van der Waals surface area contributed by atoms with E-state index in [9.17, 15) is 13.2 Å². The molecule has 25 heavy (non-hydrogen) atoms. The molecule has 0 aliphatic rings. The van der Waals surface area contributed by atoms with Gasteiger partial charge in [0.2, 0.25) is 15.9 Å². The number of ether oxygens (including phenoxy) is 1. The molecule has 0 aliphatic carbocycles. The Kier molecular flexibility index (Phi) is 6.41. The van der Waals surface area contributed by atoms with E-state index in [1.165, 1.54) is 12.1 Å². The van der Waals surface area contributed by atoms with Crippen molar-refractivity contribution in [3.8, 4) is 5.75 Å². The molecular weight excluding hydrogens is 364 g/mol. The zero-order chi connectivity index (χ0) is 18.4. The van der Waals surface area contributed by atoms with Crippen LogP contribution in [0.2, 0.25) is 5.02 Å². The van der Waals surface area contributed by atoms with Crippen molar-refractivity contribution in [2.75, 3.05) is 18.5 Å². The van der Waals surface area contributed by atoms with Crippen molar-refractivity contribution in [2.45, 2.75) is 18.7 Å². The van der Waals surface area contributed by atoms with Crippen LogP contribution in [-0.4, -0.2) is 27.5 Å². The van der Waals surface area contributed by atoms with Gasteiger partial charge in [-0.1, -0.05) is 17.7 Å². The first kappa shape index (κ1) is 19.2. The molecule has 2 N–H and O–H groups in total. The number of hydrogen-bond donors (Lipinski definition) is 2. The molecule has 0 radical (unpaired) electrons. The van der Waals surface area contributed by atoms with Crippen LogP contribution in [0.5, 0.6) is 5.75 Å². The van der Waals surface area contributed by atoms with Crippen LogP contribution in [0.25, 0.3) is 0 Å². The molecule has 2 rings (SSSR count). The van der Waals surface area contributed by atoms with Crippen LogP contribution < -0.4 is 14.8 Å². The van der Waals surface area contributed by atoms with Gasteiger partial charge in [0.1, 0.15) is 5.75 Å². The van der Waals surface area contributed by atoms with Gasteiger partial charge < -0.3 is 10.1 Å². The van der Waals surface area contributed by atoms with Gasteiger partial charge in [-0.15, -0.1) is 0 Å². The van der Waals surface area contributed by atoms with Gasteiger partial charge in [0.25, 0.3) is 0 Å². The smallest absolute Gasteiger partial charge is 0.241 e. The molecule has 6 nitrogen and oxygen atoms in total. The monoisotopic (exact) mass is 382 g/mol. The average molecular weight is 383 g/mol. The van der Waals surface area contributed by atoms with E-state index >= 15 is 0 Å². The fourth-order valence-corrected chi connectivity index (χ4v) is 3.22. The number of halogens is 1. The van der Waals surface area contributed by atoms with Gasteiger partial charge in [-0.05, 0) is 55.8 Å². The minimum Gasteiger partial charge on any atom is -0.494 e. The molecule has 0 unspecified atom stereocenters. The fourth-order valence-electron chi connectivity index (χ4n) is 2.06. The van der Waals surface area contributed by atoms with Gasteiger partial charge in [0, 0.05) is 10.7 Å². The van der Waals surface area contributed by atoms with Gasteiger partial charge in [-0.2, -0.15) is 0 Å². The standard InChI is InChI=1S/C17H19ClN2O4S/c1-3-24-13-7-9-14(10-8-13)25(22,23)19-11-17(21)20-16-6-4-5-15(18)12(16)2/h4-10,19H,3,11H2,1-2H3,(H,20,21). The van der Waals surface area contributed by atoms with E-state index in [-0.39, 0.29) is 11.4 Å². The molecule has 134 valence electrons. The molecule has 0 saturated heterocycles. The predicted molar refractivity (Wildman–Crippen MR) is 97.6 cm³/mol. The Labute approximate surface area is 152 Å². The number of carbonyl (C=O) groups excluding carboxylic acids is 1. The average Bonchev–Trinajstić information content (AvgIpc) is 2.58. The van der Waals surface area contributed by atoms with Crippen molar-refractivity contribution >= 4 is 33.2 Å². The highest BCUT2D eigenvalue weighted by atomic mass is 35.5. The Morgan fingerprint density at radius 1 is 1.16 bits per heavy atom. The lowest BCUT2D eigenvalue weighted by molar-refractivity contribution is -0.115. The number of rotatable bonds is 7. The Hall–Kier alpha value is -2.09. The van der Waals surface area contributed by atoms with Gasteiger partial charge >= 0.3 is 0 Å². The third-order valence-electron chi connectivity index (χ3n) is 3.41.